The second-order valence-electron chi connectivity index (χ2n) is 5.93. The predicted octanol–water partition coefficient (Wildman–Crippen LogP) is 1.94. The topological polar surface area (TPSA) is 60.7 Å². The smallest absolute Gasteiger partial charge is 0.0796 e. The van der Waals surface area contributed by atoms with Crippen LogP contribution in [-0.4, -0.2) is 33.6 Å². The Labute approximate surface area is 99.5 Å². The van der Waals surface area contributed by atoms with E-state index in [9.17, 15) is 15.3 Å². The molecule has 2 unspecified atom stereocenters. The number of aliphatic hydroxyl groups is 3. The summed E-state index contributed by atoms with van der Waals surface area (Å²) in [5.41, 5.74) is 0.0896. The highest BCUT2D eigenvalue weighted by atomic mass is 16.3. The van der Waals surface area contributed by atoms with Crippen LogP contribution in [0.25, 0.3) is 0 Å². The molecule has 0 amide bonds. The zero-order valence-corrected chi connectivity index (χ0v) is 11.3. The molecule has 98 valence electrons. The SMILES string of the molecule is CC(O)[C@H](O)CCC(C)(C)CC(C)[C@@H](C)O. The van der Waals surface area contributed by atoms with Gasteiger partial charge in [-0.05, 0) is 44.4 Å². The summed E-state index contributed by atoms with van der Waals surface area (Å²) < 4.78 is 0. The lowest BCUT2D eigenvalue weighted by molar-refractivity contribution is 0.0153. The maximum absolute atomic E-state index is 9.53. The zero-order chi connectivity index (χ0) is 12.9. The normalized spacial score (nSPS) is 20.2. The third kappa shape index (κ3) is 6.46. The summed E-state index contributed by atoms with van der Waals surface area (Å²) in [4.78, 5) is 0. The standard InChI is InChI=1S/C13H28O3/c1-9(10(2)14)8-13(4,5)7-6-12(16)11(3)15/h9-12,14-16H,6-8H2,1-5H3/t9?,10-,11?,12-/m1/s1. The Balaban J connectivity index is 4.04. The molecule has 3 heteroatoms. The first kappa shape index (κ1) is 15.9. The molecule has 0 aromatic heterocycles. The molecule has 16 heavy (non-hydrogen) atoms. The minimum absolute atomic E-state index is 0.0896. The first-order valence-corrected chi connectivity index (χ1v) is 6.20. The van der Waals surface area contributed by atoms with Gasteiger partial charge in [-0.2, -0.15) is 0 Å². The van der Waals surface area contributed by atoms with Crippen LogP contribution >= 0.6 is 0 Å². The van der Waals surface area contributed by atoms with Crippen molar-refractivity contribution in [1.29, 1.82) is 0 Å². The number of hydrogen-bond acceptors (Lipinski definition) is 3. The Bertz CT molecular complexity index is 188. The molecule has 0 aromatic rings. The molecule has 3 N–H and O–H groups in total. The highest BCUT2D eigenvalue weighted by Gasteiger charge is 2.25. The van der Waals surface area contributed by atoms with Crippen molar-refractivity contribution in [1.82, 2.24) is 0 Å². The summed E-state index contributed by atoms with van der Waals surface area (Å²) in [6.07, 6.45) is 0.803. The molecule has 0 radical (unpaired) electrons. The van der Waals surface area contributed by atoms with Crippen LogP contribution in [-0.2, 0) is 0 Å². The van der Waals surface area contributed by atoms with Crippen molar-refractivity contribution in [2.24, 2.45) is 11.3 Å². The van der Waals surface area contributed by atoms with Gasteiger partial charge < -0.3 is 15.3 Å². The third-order valence-corrected chi connectivity index (χ3v) is 3.37. The molecule has 0 aliphatic carbocycles. The van der Waals surface area contributed by atoms with E-state index < -0.39 is 12.2 Å². The molecule has 0 rings (SSSR count). The van der Waals surface area contributed by atoms with Gasteiger partial charge in [0.15, 0.2) is 0 Å². The van der Waals surface area contributed by atoms with E-state index in [4.69, 9.17) is 0 Å². The molecular formula is C13H28O3. The van der Waals surface area contributed by atoms with Gasteiger partial charge in [-0.1, -0.05) is 20.8 Å². The van der Waals surface area contributed by atoms with E-state index in [1.54, 1.807) is 6.92 Å². The summed E-state index contributed by atoms with van der Waals surface area (Å²) in [5, 5.41) is 28.2. The minimum Gasteiger partial charge on any atom is -0.393 e. The summed E-state index contributed by atoms with van der Waals surface area (Å²) in [7, 11) is 0. The van der Waals surface area contributed by atoms with Gasteiger partial charge in [0, 0.05) is 0 Å². The summed E-state index contributed by atoms with van der Waals surface area (Å²) in [6, 6.07) is 0. The fraction of sp³-hybridized carbons (Fsp3) is 1.00. The van der Waals surface area contributed by atoms with Crippen LogP contribution < -0.4 is 0 Å². The van der Waals surface area contributed by atoms with Crippen LogP contribution in [0.4, 0.5) is 0 Å². The van der Waals surface area contributed by atoms with Crippen LogP contribution in [0.15, 0.2) is 0 Å². The van der Waals surface area contributed by atoms with Crippen LogP contribution in [0.3, 0.4) is 0 Å². The zero-order valence-electron chi connectivity index (χ0n) is 11.3. The van der Waals surface area contributed by atoms with E-state index >= 15 is 0 Å². The van der Waals surface area contributed by atoms with E-state index in [0.717, 1.165) is 12.8 Å². The quantitative estimate of drug-likeness (QED) is 0.628. The van der Waals surface area contributed by atoms with Gasteiger partial charge in [0.05, 0.1) is 18.3 Å². The lowest BCUT2D eigenvalue weighted by atomic mass is 9.77. The summed E-state index contributed by atoms with van der Waals surface area (Å²) >= 11 is 0. The average Bonchev–Trinajstić information content (AvgIpc) is 2.13. The van der Waals surface area contributed by atoms with Crippen molar-refractivity contribution in [3.63, 3.8) is 0 Å². The molecule has 0 spiro atoms. The van der Waals surface area contributed by atoms with Gasteiger partial charge in [-0.3, -0.25) is 0 Å². The molecule has 0 aliphatic heterocycles. The molecular weight excluding hydrogens is 204 g/mol. The highest BCUT2D eigenvalue weighted by Crippen LogP contribution is 2.32. The van der Waals surface area contributed by atoms with E-state index in [2.05, 4.69) is 13.8 Å². The number of hydrogen-bond donors (Lipinski definition) is 3. The average molecular weight is 232 g/mol. The van der Waals surface area contributed by atoms with Gasteiger partial charge in [0.25, 0.3) is 0 Å². The molecule has 0 fully saturated rings. The Morgan fingerprint density at radius 1 is 0.938 bits per heavy atom. The largest absolute Gasteiger partial charge is 0.393 e. The molecule has 0 aliphatic rings. The van der Waals surface area contributed by atoms with Crippen molar-refractivity contribution in [2.75, 3.05) is 0 Å². The van der Waals surface area contributed by atoms with Gasteiger partial charge in [0.2, 0.25) is 0 Å². The second kappa shape index (κ2) is 6.58. The monoisotopic (exact) mass is 232 g/mol. The molecule has 0 bridgehead atoms. The van der Waals surface area contributed by atoms with E-state index in [1.165, 1.54) is 0 Å². The van der Waals surface area contributed by atoms with Gasteiger partial charge in [-0.25, -0.2) is 0 Å². The van der Waals surface area contributed by atoms with Crippen LogP contribution in [0, 0.1) is 11.3 Å². The summed E-state index contributed by atoms with van der Waals surface area (Å²) in [5.74, 6) is 0.263. The van der Waals surface area contributed by atoms with Gasteiger partial charge in [-0.15, -0.1) is 0 Å². The Kier molecular flexibility index (Phi) is 6.53. The van der Waals surface area contributed by atoms with Crippen LogP contribution in [0.1, 0.15) is 53.9 Å². The van der Waals surface area contributed by atoms with Crippen molar-refractivity contribution in [3.8, 4) is 0 Å². The Morgan fingerprint density at radius 3 is 1.81 bits per heavy atom. The van der Waals surface area contributed by atoms with Crippen molar-refractivity contribution >= 4 is 0 Å². The molecule has 0 aromatic carbocycles. The molecule has 4 atom stereocenters. The third-order valence-electron chi connectivity index (χ3n) is 3.37. The highest BCUT2D eigenvalue weighted by molar-refractivity contribution is 4.76. The summed E-state index contributed by atoms with van der Waals surface area (Å²) in [6.45, 7) is 9.74. The lowest BCUT2D eigenvalue weighted by Gasteiger charge is -2.30. The molecule has 0 heterocycles. The van der Waals surface area contributed by atoms with Crippen molar-refractivity contribution < 1.29 is 15.3 Å². The second-order valence-corrected chi connectivity index (χ2v) is 5.93. The maximum Gasteiger partial charge on any atom is 0.0796 e. The Hall–Kier alpha value is -0.120. The number of aliphatic hydroxyl groups excluding tert-OH is 3. The first-order valence-electron chi connectivity index (χ1n) is 6.20. The minimum atomic E-state index is -0.662. The first-order chi connectivity index (χ1) is 7.15. The van der Waals surface area contributed by atoms with E-state index in [0.29, 0.717) is 6.42 Å². The molecule has 3 nitrogen and oxygen atoms in total. The van der Waals surface area contributed by atoms with Crippen molar-refractivity contribution in [3.05, 3.63) is 0 Å². The Morgan fingerprint density at radius 2 is 1.44 bits per heavy atom. The van der Waals surface area contributed by atoms with Crippen molar-refractivity contribution in [2.45, 2.75) is 72.2 Å². The fourth-order valence-corrected chi connectivity index (χ4v) is 1.92. The van der Waals surface area contributed by atoms with E-state index in [-0.39, 0.29) is 17.4 Å². The van der Waals surface area contributed by atoms with Gasteiger partial charge in [0.1, 0.15) is 0 Å². The lowest BCUT2D eigenvalue weighted by Crippen LogP contribution is -2.27. The van der Waals surface area contributed by atoms with E-state index in [1.807, 2.05) is 13.8 Å². The fourth-order valence-electron chi connectivity index (χ4n) is 1.92. The number of rotatable bonds is 7. The maximum atomic E-state index is 9.53. The van der Waals surface area contributed by atoms with Crippen LogP contribution in [0.5, 0.6) is 0 Å². The van der Waals surface area contributed by atoms with Gasteiger partial charge >= 0.3 is 0 Å². The molecule has 0 saturated heterocycles. The van der Waals surface area contributed by atoms with Crippen LogP contribution in [0.2, 0.25) is 0 Å². The predicted molar refractivity (Wildman–Crippen MR) is 66.2 cm³/mol. The molecule has 0 saturated carbocycles.